The first kappa shape index (κ1) is 27.6. The lowest BCUT2D eigenvalue weighted by Gasteiger charge is -2.15. The summed E-state index contributed by atoms with van der Waals surface area (Å²) in [7, 11) is -3.47. The highest BCUT2D eigenvalue weighted by Crippen LogP contribution is 2.35. The molecule has 0 aliphatic rings. The van der Waals surface area contributed by atoms with Gasteiger partial charge in [-0.05, 0) is 42.0 Å². The van der Waals surface area contributed by atoms with E-state index in [9.17, 15) is 31.2 Å². The van der Waals surface area contributed by atoms with E-state index >= 15 is 0 Å². The van der Waals surface area contributed by atoms with E-state index in [1.807, 2.05) is 0 Å². The predicted octanol–water partition coefficient (Wildman–Crippen LogP) is 3.78. The largest absolute Gasteiger partial charge is 0.449 e. The molecular weight excluding hydrogens is 563 g/mol. The van der Waals surface area contributed by atoms with Crippen LogP contribution in [0.2, 0.25) is 5.02 Å². The average molecular weight is 578 g/mol. The number of nitrogens with zero attached hydrogens (tertiary/aromatic N) is 4. The number of rotatable bonds is 6. The van der Waals surface area contributed by atoms with Crippen LogP contribution in [-0.2, 0) is 22.6 Å². The molecule has 15 heteroatoms. The van der Waals surface area contributed by atoms with Crippen LogP contribution >= 0.6 is 11.6 Å². The molecule has 0 spiro atoms. The van der Waals surface area contributed by atoms with Gasteiger partial charge in [0.25, 0.3) is 11.1 Å². The smallest absolute Gasteiger partial charge is 0.437 e. The first-order chi connectivity index (χ1) is 18.3. The number of aromatic nitrogens is 4. The fourth-order valence-electron chi connectivity index (χ4n) is 3.48. The number of nitriles is 1. The summed E-state index contributed by atoms with van der Waals surface area (Å²) in [6, 6.07) is 12.0. The first-order valence-corrected chi connectivity index (χ1v) is 13.0. The Hall–Kier alpha value is -4.48. The lowest BCUT2D eigenvalue weighted by Crippen LogP contribution is -2.27. The minimum absolute atomic E-state index is 0.00337. The van der Waals surface area contributed by atoms with Gasteiger partial charge < -0.3 is 4.74 Å². The molecule has 10 nitrogen and oxygen atoms in total. The van der Waals surface area contributed by atoms with Crippen molar-refractivity contribution in [3.05, 3.63) is 97.5 Å². The number of halogens is 4. The molecule has 0 amide bonds. The number of ether oxygens (including phenoxy) is 1. The van der Waals surface area contributed by atoms with Crippen LogP contribution in [0.5, 0.6) is 11.5 Å². The lowest BCUT2D eigenvalue weighted by molar-refractivity contribution is -0.142. The number of H-pyrrole nitrogens is 1. The van der Waals surface area contributed by atoms with Gasteiger partial charge in [0.2, 0.25) is 5.75 Å². The van der Waals surface area contributed by atoms with Crippen LogP contribution in [0, 0.1) is 11.3 Å². The monoisotopic (exact) mass is 577 g/mol. The van der Waals surface area contributed by atoms with Crippen LogP contribution in [-0.4, -0.2) is 34.4 Å². The third kappa shape index (κ3) is 6.16. The quantitative estimate of drug-likeness (QED) is 0.364. The zero-order chi connectivity index (χ0) is 28.5. The Morgan fingerprint density at radius 1 is 1.13 bits per heavy atom. The molecule has 0 saturated carbocycles. The Morgan fingerprint density at radius 3 is 2.44 bits per heavy atom. The standard InChI is InChI=1S/C24H15ClF3N5O5S/c1-39(36,37)18-4-2-14(3-5-18)19-9-16(31-32-22(19)34)11-33-12-30-21(24(26,27)28)20(23(33)35)38-17-7-13(10-29)6-15(25)8-17/h2-9,12H,11H2,1H3,(H,32,34). The Kier molecular flexibility index (Phi) is 7.31. The predicted molar refractivity (Wildman–Crippen MR) is 132 cm³/mol. The summed E-state index contributed by atoms with van der Waals surface area (Å²) in [5.74, 6) is -1.44. The van der Waals surface area contributed by atoms with Crippen LogP contribution < -0.4 is 15.9 Å². The van der Waals surface area contributed by atoms with E-state index in [-0.39, 0.29) is 32.5 Å². The number of alkyl halides is 3. The van der Waals surface area contributed by atoms with E-state index in [2.05, 4.69) is 15.2 Å². The highest BCUT2D eigenvalue weighted by atomic mass is 35.5. The van der Waals surface area contributed by atoms with Crippen molar-refractivity contribution in [2.45, 2.75) is 17.6 Å². The van der Waals surface area contributed by atoms with Crippen molar-refractivity contribution >= 4 is 21.4 Å². The van der Waals surface area contributed by atoms with Gasteiger partial charge in [-0.25, -0.2) is 18.5 Å². The first-order valence-electron chi connectivity index (χ1n) is 10.7. The van der Waals surface area contributed by atoms with E-state index in [1.165, 1.54) is 36.4 Å². The Morgan fingerprint density at radius 2 is 1.82 bits per heavy atom. The average Bonchev–Trinajstić information content (AvgIpc) is 2.86. The molecule has 0 atom stereocenters. The molecule has 2 heterocycles. The normalized spacial score (nSPS) is 11.7. The van der Waals surface area contributed by atoms with Crippen LogP contribution in [0.3, 0.4) is 0 Å². The van der Waals surface area contributed by atoms with Crippen LogP contribution in [0.15, 0.2) is 69.3 Å². The van der Waals surface area contributed by atoms with E-state index in [4.69, 9.17) is 21.6 Å². The summed E-state index contributed by atoms with van der Waals surface area (Å²) in [5, 5.41) is 15.2. The van der Waals surface area contributed by atoms with Crippen molar-refractivity contribution in [1.82, 2.24) is 19.7 Å². The highest BCUT2D eigenvalue weighted by molar-refractivity contribution is 7.90. The van der Waals surface area contributed by atoms with Crippen LogP contribution in [0.25, 0.3) is 11.1 Å². The molecular formula is C24H15ClF3N5O5S. The maximum absolute atomic E-state index is 13.6. The fraction of sp³-hybridized carbons (Fsp3) is 0.125. The molecule has 2 aromatic carbocycles. The summed E-state index contributed by atoms with van der Waals surface area (Å²) >= 11 is 5.89. The molecule has 200 valence electrons. The summed E-state index contributed by atoms with van der Waals surface area (Å²) < 4.78 is 70.4. The van der Waals surface area contributed by atoms with E-state index in [0.29, 0.717) is 11.9 Å². The fourth-order valence-corrected chi connectivity index (χ4v) is 4.34. The molecule has 0 fully saturated rings. The molecule has 0 radical (unpaired) electrons. The molecule has 0 saturated heterocycles. The van der Waals surface area contributed by atoms with E-state index in [1.54, 1.807) is 6.07 Å². The van der Waals surface area contributed by atoms with Gasteiger partial charge in [0.15, 0.2) is 15.5 Å². The number of benzene rings is 2. The molecule has 2 aromatic heterocycles. The maximum atomic E-state index is 13.6. The molecule has 0 bridgehead atoms. The number of hydrogen-bond donors (Lipinski definition) is 1. The van der Waals surface area contributed by atoms with Crippen molar-refractivity contribution in [2.24, 2.45) is 0 Å². The van der Waals surface area contributed by atoms with Crippen molar-refractivity contribution < 1.29 is 26.3 Å². The van der Waals surface area contributed by atoms with Gasteiger partial charge in [0, 0.05) is 11.3 Å². The van der Waals surface area contributed by atoms with Gasteiger partial charge >= 0.3 is 6.18 Å². The van der Waals surface area contributed by atoms with Gasteiger partial charge in [-0.1, -0.05) is 23.7 Å². The second kappa shape index (κ2) is 10.4. The number of sulfone groups is 1. The second-order valence-corrected chi connectivity index (χ2v) is 10.6. The zero-order valence-corrected chi connectivity index (χ0v) is 21.2. The van der Waals surface area contributed by atoms with Gasteiger partial charge in [0.05, 0.1) is 40.7 Å². The van der Waals surface area contributed by atoms with Crippen molar-refractivity contribution in [1.29, 1.82) is 5.26 Å². The minimum atomic E-state index is -5.05. The molecule has 1 N–H and O–H groups in total. The van der Waals surface area contributed by atoms with Gasteiger partial charge in [-0.2, -0.15) is 23.5 Å². The summed E-state index contributed by atoms with van der Waals surface area (Å²) in [6.45, 7) is -0.412. The summed E-state index contributed by atoms with van der Waals surface area (Å²) in [5.41, 5.74) is -2.96. The highest BCUT2D eigenvalue weighted by Gasteiger charge is 2.38. The van der Waals surface area contributed by atoms with Crippen LogP contribution in [0.4, 0.5) is 13.2 Å². The molecule has 39 heavy (non-hydrogen) atoms. The maximum Gasteiger partial charge on any atom is 0.437 e. The van der Waals surface area contributed by atoms with Crippen LogP contribution in [0.1, 0.15) is 17.0 Å². The van der Waals surface area contributed by atoms with Gasteiger partial charge in [-0.15, -0.1) is 0 Å². The lowest BCUT2D eigenvalue weighted by atomic mass is 10.1. The molecule has 0 aliphatic heterocycles. The Bertz CT molecular complexity index is 1850. The molecule has 0 aliphatic carbocycles. The zero-order valence-electron chi connectivity index (χ0n) is 19.7. The van der Waals surface area contributed by atoms with Crippen molar-refractivity contribution in [2.75, 3.05) is 6.26 Å². The SMILES string of the molecule is CS(=O)(=O)c1ccc(-c2cc(Cn3cnc(C(F)(F)F)c(Oc4cc(Cl)cc(C#N)c4)c3=O)n[nH]c2=O)cc1. The number of nitrogens with one attached hydrogen (secondary N) is 1. The Balaban J connectivity index is 1.74. The second-order valence-electron chi connectivity index (χ2n) is 8.14. The molecule has 0 unspecified atom stereocenters. The van der Waals surface area contributed by atoms with Crippen molar-refractivity contribution in [3.63, 3.8) is 0 Å². The molecule has 4 rings (SSSR count). The summed E-state index contributed by atoms with van der Waals surface area (Å²) in [4.78, 5) is 28.8. The summed E-state index contributed by atoms with van der Waals surface area (Å²) in [6.07, 6.45) is -3.36. The van der Waals surface area contributed by atoms with Gasteiger partial charge in [-0.3, -0.25) is 14.2 Å². The Labute approximate surface area is 222 Å². The number of aromatic amines is 1. The minimum Gasteiger partial charge on any atom is -0.449 e. The third-order valence-corrected chi connectivity index (χ3v) is 6.61. The topological polar surface area (TPSA) is 148 Å². The van der Waals surface area contributed by atoms with E-state index in [0.717, 1.165) is 23.0 Å². The van der Waals surface area contributed by atoms with E-state index < -0.39 is 45.1 Å². The molecule has 4 aromatic rings. The van der Waals surface area contributed by atoms with Gasteiger partial charge in [0.1, 0.15) is 5.75 Å². The third-order valence-electron chi connectivity index (χ3n) is 5.27. The number of hydrogen-bond acceptors (Lipinski definition) is 8. The van der Waals surface area contributed by atoms with Crippen molar-refractivity contribution in [3.8, 4) is 28.7 Å².